The number of halogens is 1. The molecule has 2 rings (SSSR count). The second-order valence-electron chi connectivity index (χ2n) is 4.59. The van der Waals surface area contributed by atoms with Gasteiger partial charge in [-0.3, -0.25) is 9.59 Å². The van der Waals surface area contributed by atoms with E-state index in [0.717, 1.165) is 10.9 Å². The van der Waals surface area contributed by atoms with E-state index in [0.29, 0.717) is 18.5 Å². The highest BCUT2D eigenvalue weighted by Gasteiger charge is 2.34. The van der Waals surface area contributed by atoms with Crippen LogP contribution in [0.5, 0.6) is 0 Å². The van der Waals surface area contributed by atoms with Gasteiger partial charge in [0.25, 0.3) is 5.91 Å². The van der Waals surface area contributed by atoms with Crippen LogP contribution in [-0.4, -0.2) is 35.8 Å². The molecule has 1 heterocycles. The lowest BCUT2D eigenvalue weighted by atomic mass is 10.1. The molecule has 1 saturated heterocycles. The molecule has 1 unspecified atom stereocenters. The summed E-state index contributed by atoms with van der Waals surface area (Å²) in [5, 5.41) is 2.64. The van der Waals surface area contributed by atoms with Crippen LogP contribution in [0.25, 0.3) is 0 Å². The number of amides is 2. The maximum Gasteiger partial charge on any atom is 0.254 e. The van der Waals surface area contributed by atoms with Crippen LogP contribution in [0.3, 0.4) is 0 Å². The van der Waals surface area contributed by atoms with E-state index in [2.05, 4.69) is 27.2 Å². The Morgan fingerprint density at radius 2 is 2.10 bits per heavy atom. The van der Waals surface area contributed by atoms with Crippen molar-refractivity contribution in [3.63, 3.8) is 0 Å². The number of benzene rings is 1. The van der Waals surface area contributed by atoms with Gasteiger partial charge in [-0.1, -0.05) is 21.9 Å². The van der Waals surface area contributed by atoms with Crippen LogP contribution in [0.2, 0.25) is 0 Å². The molecule has 1 aromatic rings. The molecule has 0 bridgehead atoms. The summed E-state index contributed by atoms with van der Waals surface area (Å²) in [5.41, 5.74) is 0.588. The maximum absolute atomic E-state index is 12.4. The van der Waals surface area contributed by atoms with Crippen LogP contribution >= 0.6 is 15.9 Å². The lowest BCUT2D eigenvalue weighted by molar-refractivity contribution is -0.124. The molecule has 5 heteroatoms. The van der Waals surface area contributed by atoms with Gasteiger partial charge in [-0.05, 0) is 37.1 Å². The zero-order valence-electron chi connectivity index (χ0n) is 10.9. The van der Waals surface area contributed by atoms with Crippen molar-refractivity contribution in [3.8, 4) is 12.3 Å². The highest BCUT2D eigenvalue weighted by atomic mass is 79.9. The summed E-state index contributed by atoms with van der Waals surface area (Å²) in [7, 11) is 0. The normalized spacial score (nSPS) is 17.6. The molecule has 104 valence electrons. The molecule has 1 aromatic carbocycles. The summed E-state index contributed by atoms with van der Waals surface area (Å²) in [5.74, 6) is 2.07. The molecule has 1 aliphatic heterocycles. The zero-order valence-corrected chi connectivity index (χ0v) is 12.5. The number of likely N-dealkylation sites (tertiary alicyclic amines) is 1. The van der Waals surface area contributed by atoms with E-state index < -0.39 is 6.04 Å². The molecule has 0 aromatic heterocycles. The van der Waals surface area contributed by atoms with Crippen molar-refractivity contribution in [2.24, 2.45) is 0 Å². The molecular formula is C15H15BrN2O2. The Bertz CT molecular complexity index is 548. The van der Waals surface area contributed by atoms with E-state index in [9.17, 15) is 9.59 Å². The SMILES string of the molecule is C#CCNC(=O)C1CCCN1C(=O)c1ccc(Br)cc1. The van der Waals surface area contributed by atoms with Crippen molar-refractivity contribution in [2.45, 2.75) is 18.9 Å². The molecule has 1 atom stereocenters. The summed E-state index contributed by atoms with van der Waals surface area (Å²) in [6.45, 7) is 0.790. The molecule has 0 saturated carbocycles. The molecule has 0 aliphatic carbocycles. The molecule has 2 amide bonds. The standard InChI is InChI=1S/C15H15BrN2O2/c1-2-9-17-14(19)13-4-3-10-18(13)15(20)11-5-7-12(16)8-6-11/h1,5-8,13H,3-4,9-10H2,(H,17,19). The predicted molar refractivity (Wildman–Crippen MR) is 80.0 cm³/mol. The largest absolute Gasteiger partial charge is 0.343 e. The first kappa shape index (κ1) is 14.6. The monoisotopic (exact) mass is 334 g/mol. The highest BCUT2D eigenvalue weighted by molar-refractivity contribution is 9.10. The minimum atomic E-state index is -0.417. The van der Waals surface area contributed by atoms with Crippen LogP contribution in [0, 0.1) is 12.3 Å². The van der Waals surface area contributed by atoms with Crippen molar-refractivity contribution < 1.29 is 9.59 Å². The number of hydrogen-bond acceptors (Lipinski definition) is 2. The molecule has 1 fully saturated rings. The maximum atomic E-state index is 12.4. The van der Waals surface area contributed by atoms with Crippen LogP contribution in [-0.2, 0) is 4.79 Å². The van der Waals surface area contributed by atoms with Crippen LogP contribution < -0.4 is 5.32 Å². The van der Waals surface area contributed by atoms with Crippen molar-refractivity contribution >= 4 is 27.7 Å². The number of terminal acetylenes is 1. The molecule has 1 aliphatic rings. The van der Waals surface area contributed by atoms with E-state index >= 15 is 0 Å². The van der Waals surface area contributed by atoms with E-state index in [1.54, 1.807) is 17.0 Å². The zero-order chi connectivity index (χ0) is 14.5. The second-order valence-corrected chi connectivity index (χ2v) is 5.50. The minimum absolute atomic E-state index is 0.115. The van der Waals surface area contributed by atoms with Gasteiger partial charge in [-0.2, -0.15) is 0 Å². The summed E-state index contributed by atoms with van der Waals surface area (Å²) < 4.78 is 0.916. The van der Waals surface area contributed by atoms with Gasteiger partial charge in [0.05, 0.1) is 6.54 Å². The third kappa shape index (κ3) is 3.20. The predicted octanol–water partition coefficient (Wildman–Crippen LogP) is 1.80. The molecule has 1 N–H and O–H groups in total. The Labute approximate surface area is 126 Å². The smallest absolute Gasteiger partial charge is 0.254 e. The van der Waals surface area contributed by atoms with Crippen LogP contribution in [0.4, 0.5) is 0 Å². The van der Waals surface area contributed by atoms with Gasteiger partial charge in [0.1, 0.15) is 6.04 Å². The van der Waals surface area contributed by atoms with Crippen molar-refractivity contribution in [2.75, 3.05) is 13.1 Å². The Morgan fingerprint density at radius 1 is 1.40 bits per heavy atom. The minimum Gasteiger partial charge on any atom is -0.343 e. The molecular weight excluding hydrogens is 320 g/mol. The second kappa shape index (κ2) is 6.58. The average Bonchev–Trinajstić information content (AvgIpc) is 2.94. The number of hydrogen-bond donors (Lipinski definition) is 1. The first-order valence-corrected chi connectivity index (χ1v) is 7.20. The molecule has 4 nitrogen and oxygen atoms in total. The van der Waals surface area contributed by atoms with Gasteiger partial charge in [0, 0.05) is 16.6 Å². The van der Waals surface area contributed by atoms with Gasteiger partial charge >= 0.3 is 0 Å². The first-order chi connectivity index (χ1) is 9.63. The number of carbonyl (C=O) groups is 2. The van der Waals surface area contributed by atoms with Crippen molar-refractivity contribution in [3.05, 3.63) is 34.3 Å². The van der Waals surface area contributed by atoms with Gasteiger partial charge in [0.2, 0.25) is 5.91 Å². The third-order valence-electron chi connectivity index (χ3n) is 3.27. The number of rotatable bonds is 3. The quantitative estimate of drug-likeness (QED) is 0.857. The van der Waals surface area contributed by atoms with Gasteiger partial charge in [0.15, 0.2) is 0 Å². The van der Waals surface area contributed by atoms with Crippen LogP contribution in [0.15, 0.2) is 28.7 Å². The van der Waals surface area contributed by atoms with Gasteiger partial charge in [-0.15, -0.1) is 6.42 Å². The Kier molecular flexibility index (Phi) is 4.80. The Morgan fingerprint density at radius 3 is 2.75 bits per heavy atom. The summed E-state index contributed by atoms with van der Waals surface area (Å²) in [6, 6.07) is 6.72. The first-order valence-electron chi connectivity index (χ1n) is 6.41. The Hall–Kier alpha value is -1.80. The Balaban J connectivity index is 2.10. The fourth-order valence-electron chi connectivity index (χ4n) is 2.30. The van der Waals surface area contributed by atoms with E-state index in [1.165, 1.54) is 0 Å². The lowest BCUT2D eigenvalue weighted by Gasteiger charge is -2.23. The van der Waals surface area contributed by atoms with E-state index in [1.807, 2.05) is 12.1 Å². The van der Waals surface area contributed by atoms with Gasteiger partial charge in [-0.25, -0.2) is 0 Å². The van der Waals surface area contributed by atoms with E-state index in [-0.39, 0.29) is 18.4 Å². The average molecular weight is 335 g/mol. The lowest BCUT2D eigenvalue weighted by Crippen LogP contribution is -2.46. The summed E-state index contributed by atoms with van der Waals surface area (Å²) in [4.78, 5) is 26.1. The van der Waals surface area contributed by atoms with Gasteiger partial charge < -0.3 is 10.2 Å². The number of carbonyl (C=O) groups excluding carboxylic acids is 2. The molecule has 0 spiro atoms. The summed E-state index contributed by atoms with van der Waals surface area (Å²) >= 11 is 3.33. The summed E-state index contributed by atoms with van der Waals surface area (Å²) in [6.07, 6.45) is 6.63. The van der Waals surface area contributed by atoms with E-state index in [4.69, 9.17) is 6.42 Å². The number of nitrogens with zero attached hydrogens (tertiary/aromatic N) is 1. The third-order valence-corrected chi connectivity index (χ3v) is 3.80. The van der Waals surface area contributed by atoms with Crippen LogP contribution in [0.1, 0.15) is 23.2 Å². The fraction of sp³-hybridized carbons (Fsp3) is 0.333. The molecule has 0 radical (unpaired) electrons. The van der Waals surface area contributed by atoms with Crippen molar-refractivity contribution in [1.29, 1.82) is 0 Å². The fourth-order valence-corrected chi connectivity index (χ4v) is 2.56. The number of nitrogens with one attached hydrogen (secondary N) is 1. The molecule has 20 heavy (non-hydrogen) atoms. The topological polar surface area (TPSA) is 49.4 Å². The van der Waals surface area contributed by atoms with Crippen molar-refractivity contribution in [1.82, 2.24) is 10.2 Å². The highest BCUT2D eigenvalue weighted by Crippen LogP contribution is 2.21.